The maximum Gasteiger partial charge on any atom is 0.253 e. The SMILES string of the molecule is Cc1cc(C(=O)Cl)c(C)s1. The number of carbonyl (C=O) groups is 1. The van der Waals surface area contributed by atoms with Crippen LogP contribution in [0.5, 0.6) is 0 Å². The van der Waals surface area contributed by atoms with Crippen molar-refractivity contribution >= 4 is 28.2 Å². The van der Waals surface area contributed by atoms with Gasteiger partial charge in [-0.2, -0.15) is 0 Å². The van der Waals surface area contributed by atoms with E-state index in [0.717, 1.165) is 9.75 Å². The smallest absolute Gasteiger partial charge is 0.253 e. The molecule has 1 heterocycles. The maximum absolute atomic E-state index is 10.7. The van der Waals surface area contributed by atoms with Crippen LogP contribution in [-0.2, 0) is 0 Å². The molecule has 0 aliphatic carbocycles. The summed E-state index contributed by atoms with van der Waals surface area (Å²) >= 11 is 6.88. The molecule has 54 valence electrons. The van der Waals surface area contributed by atoms with Crippen molar-refractivity contribution in [3.63, 3.8) is 0 Å². The monoisotopic (exact) mass is 174 g/mol. The van der Waals surface area contributed by atoms with Crippen LogP contribution >= 0.6 is 22.9 Å². The highest BCUT2D eigenvalue weighted by Crippen LogP contribution is 2.21. The second kappa shape index (κ2) is 2.72. The Balaban J connectivity index is 3.15. The Morgan fingerprint density at radius 2 is 2.20 bits per heavy atom. The fourth-order valence-electron chi connectivity index (χ4n) is 0.826. The number of halogens is 1. The van der Waals surface area contributed by atoms with Gasteiger partial charge in [0.1, 0.15) is 0 Å². The van der Waals surface area contributed by atoms with Crippen LogP contribution in [0.2, 0.25) is 0 Å². The van der Waals surface area contributed by atoms with Crippen LogP contribution < -0.4 is 0 Å². The van der Waals surface area contributed by atoms with Gasteiger partial charge >= 0.3 is 0 Å². The third-order valence-corrected chi connectivity index (χ3v) is 2.42. The van der Waals surface area contributed by atoms with Crippen molar-refractivity contribution in [1.82, 2.24) is 0 Å². The molecule has 0 aliphatic heterocycles. The fraction of sp³-hybridized carbons (Fsp3) is 0.286. The van der Waals surface area contributed by atoms with Crippen molar-refractivity contribution in [3.05, 3.63) is 21.4 Å². The molecule has 0 amide bonds. The minimum atomic E-state index is -0.359. The van der Waals surface area contributed by atoms with Crippen LogP contribution in [0.3, 0.4) is 0 Å². The van der Waals surface area contributed by atoms with Crippen LogP contribution in [0.1, 0.15) is 20.1 Å². The molecule has 1 rings (SSSR count). The molecule has 1 nitrogen and oxygen atoms in total. The molecule has 0 saturated carbocycles. The zero-order chi connectivity index (χ0) is 7.72. The molecule has 0 fully saturated rings. The Morgan fingerprint density at radius 3 is 2.40 bits per heavy atom. The second-order valence-electron chi connectivity index (χ2n) is 2.10. The average Bonchev–Trinajstić information content (AvgIpc) is 2.10. The Labute approximate surface area is 68.6 Å². The number of rotatable bonds is 1. The van der Waals surface area contributed by atoms with E-state index in [1.807, 2.05) is 19.9 Å². The van der Waals surface area contributed by atoms with Gasteiger partial charge in [0.2, 0.25) is 0 Å². The van der Waals surface area contributed by atoms with Gasteiger partial charge in [-0.3, -0.25) is 4.79 Å². The first-order valence-electron chi connectivity index (χ1n) is 2.88. The summed E-state index contributed by atoms with van der Waals surface area (Å²) in [5.74, 6) is 0. The lowest BCUT2D eigenvalue weighted by Gasteiger charge is -1.85. The van der Waals surface area contributed by atoms with Crippen molar-refractivity contribution in [1.29, 1.82) is 0 Å². The van der Waals surface area contributed by atoms with Gasteiger partial charge in [0.15, 0.2) is 0 Å². The summed E-state index contributed by atoms with van der Waals surface area (Å²) in [4.78, 5) is 12.8. The van der Waals surface area contributed by atoms with Gasteiger partial charge in [0, 0.05) is 15.3 Å². The van der Waals surface area contributed by atoms with Gasteiger partial charge in [-0.1, -0.05) is 0 Å². The number of hydrogen-bond acceptors (Lipinski definition) is 2. The first kappa shape index (κ1) is 7.76. The second-order valence-corrected chi connectivity index (χ2v) is 3.90. The third-order valence-electron chi connectivity index (χ3n) is 1.25. The van der Waals surface area contributed by atoms with E-state index in [4.69, 9.17) is 11.6 Å². The molecule has 0 bridgehead atoms. The molecule has 0 radical (unpaired) electrons. The molecule has 1 aromatic heterocycles. The fourth-order valence-corrected chi connectivity index (χ4v) is 2.00. The van der Waals surface area contributed by atoms with Gasteiger partial charge in [0.05, 0.1) is 0 Å². The summed E-state index contributed by atoms with van der Waals surface area (Å²) in [7, 11) is 0. The molecule has 3 heteroatoms. The third kappa shape index (κ3) is 1.39. The number of thiophene rings is 1. The van der Waals surface area contributed by atoms with Gasteiger partial charge in [-0.25, -0.2) is 0 Å². The van der Waals surface area contributed by atoms with E-state index in [9.17, 15) is 4.79 Å². The maximum atomic E-state index is 10.7. The van der Waals surface area contributed by atoms with Gasteiger partial charge in [-0.15, -0.1) is 11.3 Å². The summed E-state index contributed by atoms with van der Waals surface area (Å²) in [5, 5.41) is -0.359. The van der Waals surface area contributed by atoms with Crippen molar-refractivity contribution in [2.45, 2.75) is 13.8 Å². The highest BCUT2D eigenvalue weighted by Gasteiger charge is 2.07. The molecule has 10 heavy (non-hydrogen) atoms. The van der Waals surface area contributed by atoms with E-state index >= 15 is 0 Å². The normalized spacial score (nSPS) is 9.90. The van der Waals surface area contributed by atoms with E-state index < -0.39 is 0 Å². The molecule has 0 atom stereocenters. The summed E-state index contributed by atoms with van der Waals surface area (Å²) < 4.78 is 0. The summed E-state index contributed by atoms with van der Waals surface area (Å²) in [5.41, 5.74) is 0.643. The van der Waals surface area contributed by atoms with Crippen LogP contribution in [0.4, 0.5) is 0 Å². The largest absolute Gasteiger partial charge is 0.276 e. The van der Waals surface area contributed by atoms with Crippen LogP contribution in [0.25, 0.3) is 0 Å². The lowest BCUT2D eigenvalue weighted by atomic mass is 10.3. The van der Waals surface area contributed by atoms with E-state index in [1.165, 1.54) is 0 Å². The van der Waals surface area contributed by atoms with E-state index in [0.29, 0.717) is 5.56 Å². The van der Waals surface area contributed by atoms with Gasteiger partial charge in [-0.05, 0) is 31.5 Å². The molecular weight excluding hydrogens is 168 g/mol. The average molecular weight is 175 g/mol. The van der Waals surface area contributed by atoms with Crippen molar-refractivity contribution in [2.24, 2.45) is 0 Å². The van der Waals surface area contributed by atoms with Gasteiger partial charge in [0.25, 0.3) is 5.24 Å². The molecule has 0 aliphatic rings. The summed E-state index contributed by atoms with van der Waals surface area (Å²) in [6, 6.07) is 1.81. The molecule has 0 spiro atoms. The predicted molar refractivity (Wildman–Crippen MR) is 44.0 cm³/mol. The van der Waals surface area contributed by atoms with Crippen LogP contribution in [0.15, 0.2) is 6.07 Å². The lowest BCUT2D eigenvalue weighted by molar-refractivity contribution is 0.108. The Kier molecular flexibility index (Phi) is 2.11. The molecule has 1 aromatic rings. The highest BCUT2D eigenvalue weighted by molar-refractivity contribution is 7.12. The summed E-state index contributed by atoms with van der Waals surface area (Å²) in [6.07, 6.45) is 0. The van der Waals surface area contributed by atoms with Crippen molar-refractivity contribution < 1.29 is 4.79 Å². The highest BCUT2D eigenvalue weighted by atomic mass is 35.5. The first-order chi connectivity index (χ1) is 4.61. The lowest BCUT2D eigenvalue weighted by Crippen LogP contribution is -1.85. The van der Waals surface area contributed by atoms with Gasteiger partial charge < -0.3 is 0 Å². The molecule has 0 saturated heterocycles. The summed E-state index contributed by atoms with van der Waals surface area (Å²) in [6.45, 7) is 3.86. The standard InChI is InChI=1S/C7H7ClOS/c1-4-3-6(7(8)9)5(2)10-4/h3H,1-2H3. The Hall–Kier alpha value is -0.340. The predicted octanol–water partition coefficient (Wildman–Crippen LogP) is 2.74. The Morgan fingerprint density at radius 1 is 1.60 bits per heavy atom. The van der Waals surface area contributed by atoms with Crippen molar-refractivity contribution in [3.8, 4) is 0 Å². The Bertz CT molecular complexity index is 265. The first-order valence-corrected chi connectivity index (χ1v) is 4.07. The molecule has 0 N–H and O–H groups in total. The van der Waals surface area contributed by atoms with E-state index in [-0.39, 0.29) is 5.24 Å². The molecule has 0 unspecified atom stereocenters. The van der Waals surface area contributed by atoms with Crippen LogP contribution in [-0.4, -0.2) is 5.24 Å². The minimum absolute atomic E-state index is 0.359. The van der Waals surface area contributed by atoms with E-state index in [1.54, 1.807) is 11.3 Å². The molecular formula is C7H7ClOS. The quantitative estimate of drug-likeness (QED) is 0.599. The number of hydrogen-bond donors (Lipinski definition) is 0. The number of carbonyl (C=O) groups excluding carboxylic acids is 1. The topological polar surface area (TPSA) is 17.1 Å². The van der Waals surface area contributed by atoms with Crippen molar-refractivity contribution in [2.75, 3.05) is 0 Å². The zero-order valence-electron chi connectivity index (χ0n) is 5.77. The zero-order valence-corrected chi connectivity index (χ0v) is 7.34. The number of aryl methyl sites for hydroxylation is 2. The van der Waals surface area contributed by atoms with E-state index in [2.05, 4.69) is 0 Å². The van der Waals surface area contributed by atoms with Crippen LogP contribution in [0, 0.1) is 13.8 Å². The molecule has 0 aromatic carbocycles. The minimum Gasteiger partial charge on any atom is -0.276 e.